The molecule has 24 heavy (non-hydrogen) atoms. The first-order valence-electron chi connectivity index (χ1n) is 9.03. The minimum atomic E-state index is 0.288. The van der Waals surface area contributed by atoms with Crippen LogP contribution in [0.4, 0.5) is 0 Å². The maximum Gasteiger partial charge on any atom is 0.236 e. The van der Waals surface area contributed by atoms with Crippen LogP contribution in [0.5, 0.6) is 0 Å². The highest BCUT2D eigenvalue weighted by Crippen LogP contribution is 2.22. The smallest absolute Gasteiger partial charge is 0.236 e. The normalized spacial score (nSPS) is 19.5. The Labute approximate surface area is 145 Å². The third kappa shape index (κ3) is 4.15. The monoisotopic (exact) mass is 324 g/mol. The molecule has 1 saturated heterocycles. The van der Waals surface area contributed by atoms with Crippen LogP contribution in [0.2, 0.25) is 0 Å². The van der Waals surface area contributed by atoms with Crippen molar-refractivity contribution in [1.29, 1.82) is 0 Å². The summed E-state index contributed by atoms with van der Waals surface area (Å²) >= 11 is 0. The average molecular weight is 324 g/mol. The first-order chi connectivity index (χ1) is 11.6. The molecule has 3 heteroatoms. The van der Waals surface area contributed by atoms with Gasteiger partial charge in [-0.15, -0.1) is 0 Å². The quantitative estimate of drug-likeness (QED) is 0.792. The molecule has 0 aromatic heterocycles. The van der Waals surface area contributed by atoms with Crippen LogP contribution in [0.1, 0.15) is 29.5 Å². The third-order valence-electron chi connectivity index (χ3n) is 5.22. The van der Waals surface area contributed by atoms with Gasteiger partial charge in [-0.1, -0.05) is 42.5 Å². The first-order valence-corrected chi connectivity index (χ1v) is 9.03. The lowest BCUT2D eigenvalue weighted by atomic mass is 9.94. The zero-order valence-electron chi connectivity index (χ0n) is 14.9. The summed E-state index contributed by atoms with van der Waals surface area (Å²) in [5.41, 5.74) is 4.01. The van der Waals surface area contributed by atoms with Gasteiger partial charge in [-0.05, 0) is 49.3 Å². The summed E-state index contributed by atoms with van der Waals surface area (Å²) in [7, 11) is 0. The Morgan fingerprint density at radius 1 is 1.12 bits per heavy atom. The predicted molar refractivity (Wildman–Crippen MR) is 99.8 cm³/mol. The van der Waals surface area contributed by atoms with Crippen molar-refractivity contribution in [3.8, 4) is 0 Å². The van der Waals surface area contributed by atoms with E-state index >= 15 is 0 Å². The first kappa shape index (κ1) is 17.0. The molecule has 1 amide bonds. The number of nitrogens with zero attached hydrogens (tertiary/aromatic N) is 2. The Kier molecular flexibility index (Phi) is 5.52. The van der Waals surface area contributed by atoms with E-state index in [1.165, 1.54) is 16.7 Å². The summed E-state index contributed by atoms with van der Waals surface area (Å²) in [4.78, 5) is 16.6. The van der Waals surface area contributed by atoms with Gasteiger partial charge in [0.2, 0.25) is 5.91 Å². The number of piperidine rings is 1. The second kappa shape index (κ2) is 7.80. The number of likely N-dealkylation sites (tertiary alicyclic amines) is 1. The topological polar surface area (TPSA) is 23.6 Å². The highest BCUT2D eigenvalue weighted by atomic mass is 16.2. The number of amides is 1. The van der Waals surface area contributed by atoms with Gasteiger partial charge in [0.25, 0.3) is 0 Å². The van der Waals surface area contributed by atoms with Gasteiger partial charge in [-0.25, -0.2) is 0 Å². The second-order valence-electron chi connectivity index (χ2n) is 7.05. The predicted octanol–water partition coefficient (Wildman–Crippen LogP) is 3.43. The standard InChI is InChI=1S/C21H28N2O/c1-17-6-5-7-18(2)20(17)9-8-19-10-14-23(15-11-19)21(24)16-22-12-3-4-13-22/h3-9,19H,10-16H2,1-2H3/b9-8+. The summed E-state index contributed by atoms with van der Waals surface area (Å²) in [6.45, 7) is 8.52. The lowest BCUT2D eigenvalue weighted by Gasteiger charge is -2.32. The van der Waals surface area contributed by atoms with E-state index in [2.05, 4.69) is 61.3 Å². The third-order valence-corrected chi connectivity index (χ3v) is 5.22. The Morgan fingerprint density at radius 3 is 2.38 bits per heavy atom. The van der Waals surface area contributed by atoms with Crippen molar-refractivity contribution in [2.75, 3.05) is 32.7 Å². The SMILES string of the molecule is Cc1cccc(C)c1/C=C/C1CCN(C(=O)CN2CC=CC2)CC1. The number of carbonyl (C=O) groups is 1. The van der Waals surface area contributed by atoms with Crippen LogP contribution in [0.25, 0.3) is 6.08 Å². The highest BCUT2D eigenvalue weighted by Gasteiger charge is 2.23. The van der Waals surface area contributed by atoms with Crippen LogP contribution in [-0.2, 0) is 4.79 Å². The Bertz CT molecular complexity index is 611. The maximum atomic E-state index is 12.4. The van der Waals surface area contributed by atoms with Gasteiger partial charge in [0.05, 0.1) is 6.54 Å². The fourth-order valence-corrected chi connectivity index (χ4v) is 3.61. The van der Waals surface area contributed by atoms with Gasteiger partial charge in [0, 0.05) is 26.2 Å². The van der Waals surface area contributed by atoms with Crippen LogP contribution < -0.4 is 0 Å². The molecule has 128 valence electrons. The molecule has 2 heterocycles. The van der Waals surface area contributed by atoms with Crippen molar-refractivity contribution in [1.82, 2.24) is 9.80 Å². The number of aryl methyl sites for hydroxylation is 2. The van der Waals surface area contributed by atoms with Gasteiger partial charge in [0.15, 0.2) is 0 Å². The molecule has 0 saturated carbocycles. The van der Waals surface area contributed by atoms with E-state index < -0.39 is 0 Å². The fourth-order valence-electron chi connectivity index (χ4n) is 3.61. The average Bonchev–Trinajstić information content (AvgIpc) is 3.08. The Balaban J connectivity index is 1.50. The highest BCUT2D eigenvalue weighted by molar-refractivity contribution is 5.78. The molecular weight excluding hydrogens is 296 g/mol. The number of hydrogen-bond donors (Lipinski definition) is 0. The van der Waals surface area contributed by atoms with Crippen LogP contribution in [0.15, 0.2) is 36.4 Å². The van der Waals surface area contributed by atoms with Gasteiger partial charge in [-0.2, -0.15) is 0 Å². The summed E-state index contributed by atoms with van der Waals surface area (Å²) in [6, 6.07) is 6.45. The molecule has 0 atom stereocenters. The van der Waals surface area contributed by atoms with Crippen LogP contribution in [0, 0.1) is 19.8 Å². The van der Waals surface area contributed by atoms with E-state index in [0.29, 0.717) is 12.5 Å². The molecule has 3 nitrogen and oxygen atoms in total. The zero-order valence-corrected chi connectivity index (χ0v) is 14.9. The molecule has 0 unspecified atom stereocenters. The molecule has 1 fully saturated rings. The minimum Gasteiger partial charge on any atom is -0.342 e. The number of rotatable bonds is 4. The molecule has 3 rings (SSSR count). The van der Waals surface area contributed by atoms with Gasteiger partial charge in [0.1, 0.15) is 0 Å². The van der Waals surface area contributed by atoms with Crippen molar-refractivity contribution < 1.29 is 4.79 Å². The van der Waals surface area contributed by atoms with Crippen LogP contribution in [0.3, 0.4) is 0 Å². The van der Waals surface area contributed by atoms with Gasteiger partial charge < -0.3 is 4.90 Å². The van der Waals surface area contributed by atoms with Crippen molar-refractivity contribution in [3.63, 3.8) is 0 Å². The molecular formula is C21H28N2O. The zero-order chi connectivity index (χ0) is 16.9. The molecule has 0 aliphatic carbocycles. The van der Waals surface area contributed by atoms with E-state index in [1.54, 1.807) is 0 Å². The second-order valence-corrected chi connectivity index (χ2v) is 7.05. The van der Waals surface area contributed by atoms with E-state index in [4.69, 9.17) is 0 Å². The van der Waals surface area contributed by atoms with Crippen molar-refractivity contribution >= 4 is 12.0 Å². The molecule has 2 aliphatic heterocycles. The number of allylic oxidation sites excluding steroid dienone is 1. The van der Waals surface area contributed by atoms with Crippen molar-refractivity contribution in [2.24, 2.45) is 5.92 Å². The molecule has 0 spiro atoms. The number of benzene rings is 1. The summed E-state index contributed by atoms with van der Waals surface area (Å²) in [5, 5.41) is 0. The van der Waals surface area contributed by atoms with E-state index in [1.807, 2.05) is 4.90 Å². The molecule has 1 aromatic rings. The van der Waals surface area contributed by atoms with E-state index in [-0.39, 0.29) is 5.91 Å². The van der Waals surface area contributed by atoms with E-state index in [9.17, 15) is 4.79 Å². The Morgan fingerprint density at radius 2 is 1.75 bits per heavy atom. The lowest BCUT2D eigenvalue weighted by Crippen LogP contribution is -2.43. The number of hydrogen-bond acceptors (Lipinski definition) is 2. The number of carbonyl (C=O) groups excluding carboxylic acids is 1. The van der Waals surface area contributed by atoms with Gasteiger partial charge in [-0.3, -0.25) is 9.69 Å². The molecule has 0 bridgehead atoms. The van der Waals surface area contributed by atoms with Gasteiger partial charge >= 0.3 is 0 Å². The maximum absolute atomic E-state index is 12.4. The summed E-state index contributed by atoms with van der Waals surface area (Å²) < 4.78 is 0. The van der Waals surface area contributed by atoms with Crippen LogP contribution >= 0.6 is 0 Å². The Hall–Kier alpha value is -1.87. The van der Waals surface area contributed by atoms with Crippen molar-refractivity contribution in [3.05, 3.63) is 53.1 Å². The largest absolute Gasteiger partial charge is 0.342 e. The lowest BCUT2D eigenvalue weighted by molar-refractivity contribution is -0.133. The van der Waals surface area contributed by atoms with Crippen molar-refractivity contribution in [2.45, 2.75) is 26.7 Å². The van der Waals surface area contributed by atoms with Crippen LogP contribution in [-0.4, -0.2) is 48.4 Å². The minimum absolute atomic E-state index is 0.288. The summed E-state index contributed by atoms with van der Waals surface area (Å²) in [6.07, 6.45) is 11.1. The molecule has 1 aromatic carbocycles. The molecule has 2 aliphatic rings. The fraction of sp³-hybridized carbons (Fsp3) is 0.476. The molecule has 0 N–H and O–H groups in total. The van der Waals surface area contributed by atoms with E-state index in [0.717, 1.165) is 39.0 Å². The summed E-state index contributed by atoms with van der Waals surface area (Å²) in [5.74, 6) is 0.873. The molecule has 0 radical (unpaired) electrons.